The van der Waals surface area contributed by atoms with Crippen molar-refractivity contribution in [2.24, 2.45) is 11.8 Å². The molecule has 2 fully saturated rings. The number of aromatic nitrogens is 3. The molecule has 0 spiro atoms. The van der Waals surface area contributed by atoms with Crippen molar-refractivity contribution >= 4 is 37.0 Å². The smallest absolute Gasteiger partial charge is 0.459 e. The lowest BCUT2D eigenvalue weighted by Crippen LogP contribution is -2.50. The summed E-state index contributed by atoms with van der Waals surface area (Å²) in [6.45, 7) is 7.02. The van der Waals surface area contributed by atoms with Gasteiger partial charge in [-0.2, -0.15) is 15.4 Å². The second-order valence-electron chi connectivity index (χ2n) is 13.2. The molecule has 0 radical (unpaired) electrons. The number of nitrogens with zero attached hydrogens (tertiary/aromatic N) is 4. The third kappa shape index (κ3) is 8.50. The first-order valence-electron chi connectivity index (χ1n) is 16.8. The molecule has 6 atom stereocenters. The van der Waals surface area contributed by atoms with E-state index in [-0.39, 0.29) is 23.4 Å². The van der Waals surface area contributed by atoms with Crippen LogP contribution >= 0.6 is 7.75 Å². The van der Waals surface area contributed by atoms with Gasteiger partial charge in [-0.05, 0) is 56.9 Å². The summed E-state index contributed by atoms with van der Waals surface area (Å²) in [6, 6.07) is 12.2. The molecule has 17 heteroatoms. The summed E-state index contributed by atoms with van der Waals surface area (Å²) in [4.78, 5) is 43.3. The van der Waals surface area contributed by atoms with Gasteiger partial charge >= 0.3 is 25.7 Å². The van der Waals surface area contributed by atoms with Crippen LogP contribution in [0.15, 0.2) is 48.8 Å². The molecule has 0 amide bonds. The molecule has 51 heavy (non-hydrogen) atoms. The van der Waals surface area contributed by atoms with E-state index in [1.807, 2.05) is 6.07 Å². The molecule has 1 unspecified atom stereocenters. The highest BCUT2D eigenvalue weighted by Gasteiger charge is 2.62. The minimum atomic E-state index is -4.54. The van der Waals surface area contributed by atoms with Crippen molar-refractivity contribution in [1.29, 1.82) is 5.26 Å². The zero-order chi connectivity index (χ0) is 36.9. The van der Waals surface area contributed by atoms with Gasteiger partial charge in [-0.1, -0.05) is 45.9 Å². The van der Waals surface area contributed by atoms with Crippen molar-refractivity contribution in [1.82, 2.24) is 19.7 Å². The Balaban J connectivity index is 1.53. The fourth-order valence-electron chi connectivity index (χ4n) is 5.71. The number of esters is 3. The number of nitriles is 1. The molecule has 16 nitrogen and oxygen atoms in total. The van der Waals surface area contributed by atoms with E-state index in [0.717, 1.165) is 25.7 Å². The molecular weight excluding hydrogens is 683 g/mol. The summed E-state index contributed by atoms with van der Waals surface area (Å²) in [6.07, 6.45) is -0.0100. The lowest BCUT2D eigenvalue weighted by molar-refractivity contribution is -0.173. The average molecular weight is 727 g/mol. The first-order chi connectivity index (χ1) is 24.3. The summed E-state index contributed by atoms with van der Waals surface area (Å²) in [7, 11) is -4.54. The Kier molecular flexibility index (Phi) is 11.7. The van der Waals surface area contributed by atoms with Crippen LogP contribution in [0.1, 0.15) is 72.1 Å². The van der Waals surface area contributed by atoms with Crippen LogP contribution in [0.2, 0.25) is 0 Å². The lowest BCUT2D eigenvalue weighted by atomic mass is 9.95. The van der Waals surface area contributed by atoms with E-state index in [9.17, 15) is 24.2 Å². The van der Waals surface area contributed by atoms with Crippen LogP contribution in [0.5, 0.6) is 5.75 Å². The van der Waals surface area contributed by atoms with Gasteiger partial charge in [-0.3, -0.25) is 18.9 Å². The number of ether oxygens (including phenoxy) is 4. The maximum atomic E-state index is 14.5. The van der Waals surface area contributed by atoms with E-state index in [1.54, 1.807) is 58.0 Å². The van der Waals surface area contributed by atoms with Gasteiger partial charge in [0.2, 0.25) is 5.60 Å². The number of anilines is 1. The van der Waals surface area contributed by atoms with Crippen molar-refractivity contribution in [3.63, 3.8) is 0 Å². The molecule has 1 aliphatic heterocycles. The summed E-state index contributed by atoms with van der Waals surface area (Å²) >= 11 is 0. The van der Waals surface area contributed by atoms with Crippen LogP contribution in [0, 0.1) is 23.2 Å². The molecule has 2 aliphatic rings. The maximum absolute atomic E-state index is 14.5. The number of carbonyl (C=O) groups excluding carboxylic acids is 3. The van der Waals surface area contributed by atoms with Crippen LogP contribution in [0.4, 0.5) is 5.82 Å². The Morgan fingerprint density at radius 1 is 1.02 bits per heavy atom. The van der Waals surface area contributed by atoms with E-state index in [0.29, 0.717) is 5.52 Å². The number of benzene rings is 1. The second-order valence-corrected chi connectivity index (χ2v) is 14.9. The van der Waals surface area contributed by atoms with Crippen molar-refractivity contribution in [2.75, 3.05) is 12.3 Å². The Morgan fingerprint density at radius 3 is 2.33 bits per heavy atom. The van der Waals surface area contributed by atoms with E-state index in [1.165, 1.54) is 29.9 Å². The van der Waals surface area contributed by atoms with Gasteiger partial charge in [0.15, 0.2) is 18.0 Å². The maximum Gasteiger partial charge on any atom is 0.459 e. The topological polar surface area (TPSA) is 216 Å². The van der Waals surface area contributed by atoms with Crippen molar-refractivity contribution in [2.45, 2.75) is 96.4 Å². The van der Waals surface area contributed by atoms with Crippen molar-refractivity contribution in [3.8, 4) is 11.8 Å². The average Bonchev–Trinajstić information content (AvgIpc) is 3.84. The van der Waals surface area contributed by atoms with Gasteiger partial charge in [-0.15, -0.1) is 0 Å². The molecule has 274 valence electrons. The quantitative estimate of drug-likeness (QED) is 0.133. The van der Waals surface area contributed by atoms with Gasteiger partial charge < -0.3 is 29.2 Å². The molecule has 1 aliphatic carbocycles. The highest BCUT2D eigenvalue weighted by molar-refractivity contribution is 7.52. The number of nitrogens with two attached hydrogens (primary N) is 1. The molecule has 5 rings (SSSR count). The minimum Gasteiger partial charge on any atom is -0.461 e. The number of rotatable bonds is 14. The van der Waals surface area contributed by atoms with Crippen LogP contribution in [0.25, 0.3) is 5.52 Å². The van der Waals surface area contributed by atoms with Crippen LogP contribution in [-0.4, -0.2) is 69.1 Å². The number of hydrogen-bond acceptors (Lipinski definition) is 14. The van der Waals surface area contributed by atoms with E-state index in [4.69, 9.17) is 33.7 Å². The van der Waals surface area contributed by atoms with Gasteiger partial charge in [0.1, 0.15) is 48.5 Å². The molecule has 0 bridgehead atoms. The Bertz CT molecular complexity index is 1810. The number of para-hydroxylation sites is 1. The fraction of sp³-hybridized carbons (Fsp3) is 0.529. The molecule has 1 saturated heterocycles. The first kappa shape index (κ1) is 37.7. The Labute approximate surface area is 295 Å². The summed E-state index contributed by atoms with van der Waals surface area (Å²) < 4.78 is 51.4. The molecule has 3 aromatic rings. The van der Waals surface area contributed by atoms with E-state index >= 15 is 0 Å². The first-order valence-corrected chi connectivity index (χ1v) is 18.4. The van der Waals surface area contributed by atoms with Gasteiger partial charge in [-0.25, -0.2) is 14.1 Å². The summed E-state index contributed by atoms with van der Waals surface area (Å²) in [5, 5.41) is 17.7. The fourth-order valence-corrected chi connectivity index (χ4v) is 7.23. The van der Waals surface area contributed by atoms with E-state index < -0.39 is 74.1 Å². The zero-order valence-electron chi connectivity index (χ0n) is 29.1. The predicted molar refractivity (Wildman–Crippen MR) is 181 cm³/mol. The SMILES string of the molecule is CC(C)C(=O)O[C@H]1[C@H](c2ccc3c(N)ncnn23)O[C@](C#N)(COP(=O)(N[C@@H](C)C(=O)OC2CCCC2)Oc2ccccc2)[C@H]1OC(=O)C(C)C. The van der Waals surface area contributed by atoms with Crippen LogP contribution in [0.3, 0.4) is 0 Å². The second kappa shape index (κ2) is 15.8. The highest BCUT2D eigenvalue weighted by atomic mass is 31.2. The molecule has 3 heterocycles. The van der Waals surface area contributed by atoms with E-state index in [2.05, 4.69) is 15.2 Å². The number of nitrogens with one attached hydrogen (secondary N) is 1. The largest absolute Gasteiger partial charge is 0.461 e. The normalized spacial score (nSPS) is 23.8. The number of fused-ring (bicyclic) bond motifs is 1. The molecular formula is C34H43N6O10P. The van der Waals surface area contributed by atoms with Crippen LogP contribution < -0.4 is 15.3 Å². The van der Waals surface area contributed by atoms with Crippen LogP contribution in [-0.2, 0) is 42.4 Å². The summed E-state index contributed by atoms with van der Waals surface area (Å²) in [5.41, 5.74) is 4.51. The lowest BCUT2D eigenvalue weighted by Gasteiger charge is -2.31. The highest BCUT2D eigenvalue weighted by Crippen LogP contribution is 2.50. The predicted octanol–water partition coefficient (Wildman–Crippen LogP) is 4.45. The third-order valence-corrected chi connectivity index (χ3v) is 10.2. The molecule has 1 aromatic carbocycles. The number of nitrogen functional groups attached to an aromatic ring is 1. The summed E-state index contributed by atoms with van der Waals surface area (Å²) in [5.74, 6) is -3.07. The van der Waals surface area contributed by atoms with Gasteiger partial charge in [0, 0.05) is 0 Å². The minimum absolute atomic E-state index is 0.129. The van der Waals surface area contributed by atoms with Crippen molar-refractivity contribution in [3.05, 3.63) is 54.5 Å². The van der Waals surface area contributed by atoms with Gasteiger partial charge in [0.05, 0.1) is 17.5 Å². The van der Waals surface area contributed by atoms with Gasteiger partial charge in [0.25, 0.3) is 0 Å². The van der Waals surface area contributed by atoms with Crippen molar-refractivity contribution < 1.29 is 46.9 Å². The Morgan fingerprint density at radius 2 is 1.69 bits per heavy atom. The zero-order valence-corrected chi connectivity index (χ0v) is 30.0. The molecule has 3 N–H and O–H groups in total. The third-order valence-electron chi connectivity index (χ3n) is 8.53. The monoisotopic (exact) mass is 726 g/mol. The number of hydrogen-bond donors (Lipinski definition) is 2. The molecule has 1 saturated carbocycles. The standard InChI is InChI=1S/C34H43N6O10P/c1-20(2)31(41)47-28-27(25-15-16-26-30(36)37-19-38-40(25)26)49-34(17-35,29(28)48-32(42)21(3)4)18-45-51(44,50-24-13-7-6-8-14-24)39-22(5)33(43)46-23-11-9-10-12-23/h6-8,13-16,19-23,27-29H,9-12,18H2,1-5H3,(H,39,44)(H2,36,37,38)/t22-,27-,28-,29-,34+,51?/m0/s1. The molecule has 2 aromatic heterocycles. The number of carbonyl (C=O) groups is 3. The Hall–Kier alpha value is -4.55.